The molecule has 0 aliphatic carbocycles. The Hall–Kier alpha value is 8.83. The maximum Gasteiger partial charge on any atom is 0 e. The molecule has 8 heteroatoms. The normalized spacial score (nSPS) is 0. The summed E-state index contributed by atoms with van der Waals surface area (Å²) in [5, 5.41) is 0. The van der Waals surface area contributed by atoms with Crippen molar-refractivity contribution in [2.24, 2.45) is 0 Å². The minimum Gasteiger partial charge on any atom is -0.358 e. The first-order chi connectivity index (χ1) is 0. The molecule has 0 fully saturated rings. The van der Waals surface area contributed by atoms with Crippen molar-refractivity contribution in [3.8, 4) is 0 Å². The Balaban J connectivity index is 0. The maximum atomic E-state index is 0. The zero-order chi connectivity index (χ0) is 0. The van der Waals surface area contributed by atoms with Crippen LogP contribution in [0.15, 0.2) is 0 Å². The van der Waals surface area contributed by atoms with E-state index >= 15 is 0 Å². The summed E-state index contributed by atoms with van der Waals surface area (Å²) < 4.78 is 0. The van der Waals surface area contributed by atoms with Gasteiger partial charge < -0.3 is 14.9 Å². The molecule has 0 saturated carbocycles. The second-order valence-corrected chi connectivity index (χ2v) is 0. The molecule has 0 amide bonds. The molecule has 0 saturated heterocycles. The van der Waals surface area contributed by atoms with Crippen molar-refractivity contribution in [3.05, 3.63) is 14.9 Å². The van der Waals surface area contributed by atoms with Crippen LogP contribution in [0.5, 0.6) is 0 Å². The van der Waals surface area contributed by atoms with E-state index in [-0.39, 0.29) is 299 Å². The van der Waals surface area contributed by atoms with Crippen molar-refractivity contribution in [2.75, 3.05) is 0 Å². The minimum absolute atomic E-state index is 0. The molecule has 13 heavy (non-hydrogen) atoms. The summed E-state index contributed by atoms with van der Waals surface area (Å²) in [5.74, 6) is 0. The van der Waals surface area contributed by atoms with Gasteiger partial charge in [-0.15, -0.1) is 0 Å². The van der Waals surface area contributed by atoms with Crippen molar-refractivity contribution >= 4 is 0 Å². The van der Waals surface area contributed by atoms with Gasteiger partial charge in [0, 0.05) is 262 Å². The van der Waals surface area contributed by atoms with Gasteiger partial charge in [0.05, 0.1) is 0 Å². The second kappa shape index (κ2) is 105. The van der Waals surface area contributed by atoms with E-state index in [2.05, 4.69) is 0 Å². The van der Waals surface area contributed by atoms with Crippen LogP contribution in [0.2, 0.25) is 0 Å². The monoisotopic (exact) mass is 789 g/mol. The van der Waals surface area contributed by atoms with Crippen molar-refractivity contribution in [2.45, 2.75) is 22.3 Å². The Morgan fingerprint density at radius 3 is 0.231 bits per heavy atom. The molecule has 0 aromatic rings. The molecule has 0 atom stereocenters. The largest absolute Gasteiger partial charge is 0.358 e. The minimum atomic E-state index is 0. The summed E-state index contributed by atoms with van der Waals surface area (Å²) in [6.45, 7) is 0. The van der Waals surface area contributed by atoms with E-state index in [1.807, 2.05) is 0 Å². The Kier molecular flexibility index (Phi) is 982. The third kappa shape index (κ3) is 94.7. The van der Waals surface area contributed by atoms with Crippen LogP contribution in [-0.2, 0) is 262 Å². The molecule has 0 heterocycles. The van der Waals surface area contributed by atoms with Gasteiger partial charge in [0.25, 0.3) is 0 Å². The van der Waals surface area contributed by atoms with Gasteiger partial charge in [-0.05, 0) is 0 Å². The Bertz CT molecular complexity index is 12.5. The van der Waals surface area contributed by atoms with Gasteiger partial charge in [0.15, 0.2) is 0 Å². The molecule has 0 bridgehead atoms. The fourth-order valence-corrected chi connectivity index (χ4v) is 0. The van der Waals surface area contributed by atoms with Crippen LogP contribution in [0.25, 0.3) is 0 Å². The first-order valence-corrected chi connectivity index (χ1v) is 0. The van der Waals surface area contributed by atoms with Gasteiger partial charge in [0.2, 0.25) is 0 Å². The molecule has 0 aliphatic rings. The van der Waals surface area contributed by atoms with Crippen LogP contribution < -0.4 is 0 Å². The third-order valence-corrected chi connectivity index (χ3v) is 0. The van der Waals surface area contributed by atoms with E-state index in [0.29, 0.717) is 0 Å². The van der Waals surface area contributed by atoms with Crippen molar-refractivity contribution in [1.29, 1.82) is 0 Å². The van der Waals surface area contributed by atoms with E-state index in [1.54, 1.807) is 0 Å². The summed E-state index contributed by atoms with van der Waals surface area (Å²) in [6.07, 6.45) is 0. The van der Waals surface area contributed by atoms with Crippen LogP contribution in [0.1, 0.15) is 22.3 Å². The molecule has 0 aromatic heterocycles. The van der Waals surface area contributed by atoms with Crippen LogP contribution >= 0.6 is 0 Å². The predicted molar refractivity (Wildman–Crippen MR) is 33.0 cm³/mol. The average Bonchev–Trinajstić information content (AvgIpc) is 0. The third-order valence-electron chi connectivity index (χ3n) is 0. The van der Waals surface area contributed by atoms with Crippen molar-refractivity contribution in [1.82, 2.24) is 0 Å². The molecule has 0 N–H and O–H groups in total. The van der Waals surface area contributed by atoms with Gasteiger partial charge in [-0.25, -0.2) is 0 Å². The van der Waals surface area contributed by atoms with Crippen LogP contribution in [-0.4, -0.2) is 0 Å². The fourth-order valence-electron chi connectivity index (χ4n) is 0. The smallest absolute Gasteiger partial charge is 0 e. The molecule has 0 rings (SSSR count). The molecule has 0 aliphatic heterocycles. The Morgan fingerprint density at radius 2 is 0.231 bits per heavy atom. The zero-order valence-electron chi connectivity index (χ0n) is 6.62. The summed E-state index contributed by atoms with van der Waals surface area (Å²) >= 11 is 0. The second-order valence-electron chi connectivity index (χ2n) is 0. The summed E-state index contributed by atoms with van der Waals surface area (Å²) in [4.78, 5) is 0. The maximum absolute atomic E-state index is 0. The molecule has 0 unspecified atom stereocenters. The summed E-state index contributed by atoms with van der Waals surface area (Å²) in [7, 11) is 0. The van der Waals surface area contributed by atoms with Crippen molar-refractivity contribution in [3.63, 3.8) is 0 Å². The molecule has 0 nitrogen and oxygen atoms in total. The fraction of sp³-hybridized carbons (Fsp3) is 0.600. The van der Waals surface area contributed by atoms with E-state index < -0.39 is 0 Å². The van der Waals surface area contributed by atoms with Gasteiger partial charge in [0.1, 0.15) is 0 Å². The SMILES string of the molecule is C.C.C.[CH3-].[CH3-].[Y].[Y].[Y].[Y].[Y].[Y].[Y].[Y]. The average molecular weight is 789 g/mol. The van der Waals surface area contributed by atoms with E-state index in [1.165, 1.54) is 0 Å². The first kappa shape index (κ1) is 121. The molecule has 8 radical (unpaired) electrons. The topological polar surface area (TPSA) is 0 Å². The molecular formula is C5H18Y8-2. The van der Waals surface area contributed by atoms with Gasteiger partial charge in [-0.3, -0.25) is 0 Å². The predicted octanol–water partition coefficient (Wildman–Crippen LogP) is 2.79. The van der Waals surface area contributed by atoms with Gasteiger partial charge in [-0.2, -0.15) is 0 Å². The van der Waals surface area contributed by atoms with Crippen LogP contribution in [0.4, 0.5) is 0 Å². The van der Waals surface area contributed by atoms with Crippen molar-refractivity contribution < 1.29 is 262 Å². The number of rotatable bonds is 0. The number of hydrogen-bond donors (Lipinski definition) is 0. The van der Waals surface area contributed by atoms with E-state index in [0.717, 1.165) is 0 Å². The van der Waals surface area contributed by atoms with E-state index in [4.69, 9.17) is 0 Å². The summed E-state index contributed by atoms with van der Waals surface area (Å²) in [6, 6.07) is 0. The quantitative estimate of drug-likeness (QED) is 0.332. The van der Waals surface area contributed by atoms with Crippen LogP contribution in [0, 0.1) is 14.9 Å². The molecular weight excluding hydrogens is 771 g/mol. The molecule has 0 spiro atoms. The standard InChI is InChI=1S/3CH4.2CH3.8Y/h3*1H4;2*1H3;;;;;;;;/q;;;2*-1;;;;;;;;. The Labute approximate surface area is 289 Å². The zero-order valence-corrected chi connectivity index (χ0v) is 29.3. The molecule has 64 valence electrons. The number of hydrogen-bond acceptors (Lipinski definition) is 0. The van der Waals surface area contributed by atoms with Gasteiger partial charge >= 0.3 is 0 Å². The van der Waals surface area contributed by atoms with Crippen LogP contribution in [0.3, 0.4) is 0 Å². The summed E-state index contributed by atoms with van der Waals surface area (Å²) in [5.41, 5.74) is 0. The Morgan fingerprint density at radius 1 is 0.231 bits per heavy atom. The van der Waals surface area contributed by atoms with E-state index in [9.17, 15) is 0 Å². The first-order valence-electron chi connectivity index (χ1n) is 0. The molecule has 0 aromatic carbocycles. The van der Waals surface area contributed by atoms with Gasteiger partial charge in [-0.1, -0.05) is 22.3 Å².